The van der Waals surface area contributed by atoms with Crippen LogP contribution in [0.3, 0.4) is 0 Å². The summed E-state index contributed by atoms with van der Waals surface area (Å²) in [5.41, 5.74) is 4.89. The lowest BCUT2D eigenvalue weighted by molar-refractivity contribution is -0.117. The quantitative estimate of drug-likeness (QED) is 0.528. The molecule has 60 valence electrons. The second kappa shape index (κ2) is 5.20. The maximum Gasteiger partial charge on any atom is 0.231 e. The first kappa shape index (κ1) is 9.39. The Hall–Kier alpha value is -0.610. The van der Waals surface area contributed by atoms with Gasteiger partial charge in [-0.2, -0.15) is 0 Å². The number of carbonyl (C=O) groups excluding carboxylic acids is 1. The van der Waals surface area contributed by atoms with E-state index in [9.17, 15) is 4.79 Å². The third-order valence-electron chi connectivity index (χ3n) is 1.04. The van der Waals surface area contributed by atoms with E-state index in [1.54, 1.807) is 7.11 Å². The Bertz CT molecular complexity index is 106. The topological polar surface area (TPSA) is 64.3 Å². The summed E-state index contributed by atoms with van der Waals surface area (Å²) in [7, 11) is 1.61. The van der Waals surface area contributed by atoms with Crippen molar-refractivity contribution in [3.8, 4) is 0 Å². The number of carbonyl (C=O) groups is 1. The highest BCUT2D eigenvalue weighted by atomic mass is 16.5. The van der Waals surface area contributed by atoms with Gasteiger partial charge in [0.15, 0.2) is 0 Å². The zero-order valence-corrected chi connectivity index (χ0v) is 6.39. The number of methoxy groups -OCH3 is 1. The number of rotatable bonds is 5. The van der Waals surface area contributed by atoms with E-state index >= 15 is 0 Å². The molecule has 4 heteroatoms. The highest BCUT2D eigenvalue weighted by Gasteiger charge is 2.00. The first-order valence-electron chi connectivity index (χ1n) is 3.17. The average Bonchev–Trinajstić information content (AvgIpc) is 1.85. The van der Waals surface area contributed by atoms with Crippen molar-refractivity contribution in [2.24, 2.45) is 5.73 Å². The van der Waals surface area contributed by atoms with Gasteiger partial charge in [0.1, 0.15) is 0 Å². The third kappa shape index (κ3) is 5.53. The van der Waals surface area contributed by atoms with Gasteiger partial charge < -0.3 is 15.8 Å². The van der Waals surface area contributed by atoms with E-state index in [0.717, 1.165) is 0 Å². The molecule has 0 aliphatic carbocycles. The smallest absolute Gasteiger partial charge is 0.231 e. The van der Waals surface area contributed by atoms with Crippen LogP contribution >= 0.6 is 0 Å². The summed E-state index contributed by atoms with van der Waals surface area (Å²) in [4.78, 5) is 10.2. The van der Waals surface area contributed by atoms with Crippen LogP contribution in [-0.2, 0) is 9.53 Å². The SMILES string of the molecule is COCC(C)NCC(N)=O. The van der Waals surface area contributed by atoms with Crippen molar-refractivity contribution >= 4 is 5.91 Å². The van der Waals surface area contributed by atoms with E-state index in [4.69, 9.17) is 10.5 Å². The zero-order valence-electron chi connectivity index (χ0n) is 6.39. The molecule has 0 saturated heterocycles. The monoisotopic (exact) mass is 146 g/mol. The molecule has 10 heavy (non-hydrogen) atoms. The van der Waals surface area contributed by atoms with Gasteiger partial charge in [0.2, 0.25) is 5.91 Å². The molecule has 3 N–H and O–H groups in total. The number of amides is 1. The molecular formula is C6H14N2O2. The van der Waals surface area contributed by atoms with Crippen LogP contribution in [0.2, 0.25) is 0 Å². The second-order valence-corrected chi connectivity index (χ2v) is 2.20. The fraction of sp³-hybridized carbons (Fsp3) is 0.833. The van der Waals surface area contributed by atoms with E-state index in [1.165, 1.54) is 0 Å². The summed E-state index contributed by atoms with van der Waals surface area (Å²) in [5, 5.41) is 2.88. The lowest BCUT2D eigenvalue weighted by atomic mass is 10.3. The van der Waals surface area contributed by atoms with Crippen LogP contribution in [0.1, 0.15) is 6.92 Å². The third-order valence-corrected chi connectivity index (χ3v) is 1.04. The minimum absolute atomic E-state index is 0.178. The van der Waals surface area contributed by atoms with Crippen LogP contribution < -0.4 is 11.1 Å². The fourth-order valence-electron chi connectivity index (χ4n) is 0.584. The highest BCUT2D eigenvalue weighted by Crippen LogP contribution is 1.79. The van der Waals surface area contributed by atoms with Crippen molar-refractivity contribution in [3.63, 3.8) is 0 Å². The molecule has 0 aromatic heterocycles. The number of hydrogen-bond donors (Lipinski definition) is 2. The molecule has 1 amide bonds. The molecule has 0 spiro atoms. The first-order valence-corrected chi connectivity index (χ1v) is 3.17. The van der Waals surface area contributed by atoms with Crippen molar-refractivity contribution in [2.45, 2.75) is 13.0 Å². The Balaban J connectivity index is 3.21. The Morgan fingerprint density at radius 3 is 2.80 bits per heavy atom. The fourth-order valence-corrected chi connectivity index (χ4v) is 0.584. The van der Waals surface area contributed by atoms with Crippen molar-refractivity contribution in [3.05, 3.63) is 0 Å². The molecule has 1 atom stereocenters. The van der Waals surface area contributed by atoms with E-state index < -0.39 is 0 Å². The predicted octanol–water partition coefficient (Wildman–Crippen LogP) is -0.904. The van der Waals surface area contributed by atoms with Crippen molar-refractivity contribution in [1.82, 2.24) is 5.32 Å². The van der Waals surface area contributed by atoms with Gasteiger partial charge in [0, 0.05) is 13.2 Å². The van der Waals surface area contributed by atoms with Crippen molar-refractivity contribution in [2.75, 3.05) is 20.3 Å². The van der Waals surface area contributed by atoms with Crippen LogP contribution in [0.4, 0.5) is 0 Å². The lowest BCUT2D eigenvalue weighted by Crippen LogP contribution is -2.37. The van der Waals surface area contributed by atoms with E-state index in [2.05, 4.69) is 5.32 Å². The van der Waals surface area contributed by atoms with Gasteiger partial charge >= 0.3 is 0 Å². The van der Waals surface area contributed by atoms with E-state index in [0.29, 0.717) is 6.61 Å². The van der Waals surface area contributed by atoms with Crippen molar-refractivity contribution in [1.29, 1.82) is 0 Å². The minimum Gasteiger partial charge on any atom is -0.383 e. The van der Waals surface area contributed by atoms with Gasteiger partial charge in [0.05, 0.1) is 13.2 Å². The normalized spacial score (nSPS) is 13.0. The maximum absolute atomic E-state index is 10.2. The van der Waals surface area contributed by atoms with E-state index in [-0.39, 0.29) is 18.5 Å². The molecule has 0 aromatic carbocycles. The first-order chi connectivity index (χ1) is 4.66. The van der Waals surface area contributed by atoms with Gasteiger partial charge in [-0.25, -0.2) is 0 Å². The Labute approximate surface area is 60.7 Å². The molecule has 0 aromatic rings. The van der Waals surface area contributed by atoms with Gasteiger partial charge in [-0.1, -0.05) is 0 Å². The second-order valence-electron chi connectivity index (χ2n) is 2.20. The molecule has 0 radical (unpaired) electrons. The number of primary amides is 1. The standard InChI is InChI=1S/C6H14N2O2/c1-5(4-10-2)8-3-6(7)9/h5,8H,3-4H2,1-2H3,(H2,7,9). The number of ether oxygens (including phenoxy) is 1. The Kier molecular flexibility index (Phi) is 4.88. The molecular weight excluding hydrogens is 132 g/mol. The van der Waals surface area contributed by atoms with Crippen LogP contribution in [0.25, 0.3) is 0 Å². The summed E-state index contributed by atoms with van der Waals surface area (Å²) in [5.74, 6) is -0.344. The Morgan fingerprint density at radius 1 is 1.80 bits per heavy atom. The zero-order chi connectivity index (χ0) is 7.98. The van der Waals surface area contributed by atoms with Crippen LogP contribution in [0.15, 0.2) is 0 Å². The molecule has 0 bridgehead atoms. The summed E-state index contributed by atoms with van der Waals surface area (Å²) in [6.07, 6.45) is 0. The summed E-state index contributed by atoms with van der Waals surface area (Å²) < 4.78 is 4.82. The molecule has 0 saturated carbocycles. The van der Waals surface area contributed by atoms with Gasteiger partial charge in [-0.15, -0.1) is 0 Å². The van der Waals surface area contributed by atoms with Crippen LogP contribution in [0, 0.1) is 0 Å². The molecule has 1 unspecified atom stereocenters. The minimum atomic E-state index is -0.344. The summed E-state index contributed by atoms with van der Waals surface area (Å²) >= 11 is 0. The van der Waals surface area contributed by atoms with Gasteiger partial charge in [0.25, 0.3) is 0 Å². The molecule has 0 aliphatic heterocycles. The molecule has 0 fully saturated rings. The molecule has 0 heterocycles. The number of nitrogens with two attached hydrogens (primary N) is 1. The number of nitrogens with one attached hydrogen (secondary N) is 1. The highest BCUT2D eigenvalue weighted by molar-refractivity contribution is 5.75. The van der Waals surface area contributed by atoms with Gasteiger partial charge in [-0.3, -0.25) is 4.79 Å². The van der Waals surface area contributed by atoms with Gasteiger partial charge in [-0.05, 0) is 6.92 Å². The summed E-state index contributed by atoms with van der Waals surface area (Å²) in [6.45, 7) is 2.73. The average molecular weight is 146 g/mol. The number of hydrogen-bond acceptors (Lipinski definition) is 3. The molecule has 4 nitrogen and oxygen atoms in total. The summed E-state index contributed by atoms with van der Waals surface area (Å²) in [6, 6.07) is 0.178. The lowest BCUT2D eigenvalue weighted by Gasteiger charge is -2.09. The maximum atomic E-state index is 10.2. The Morgan fingerprint density at radius 2 is 2.40 bits per heavy atom. The molecule has 0 aliphatic rings. The van der Waals surface area contributed by atoms with Crippen LogP contribution in [-0.4, -0.2) is 32.2 Å². The van der Waals surface area contributed by atoms with E-state index in [1.807, 2.05) is 6.92 Å². The molecule has 0 rings (SSSR count). The predicted molar refractivity (Wildman–Crippen MR) is 38.5 cm³/mol. The van der Waals surface area contributed by atoms with Crippen LogP contribution in [0.5, 0.6) is 0 Å². The largest absolute Gasteiger partial charge is 0.383 e. The van der Waals surface area contributed by atoms with Crippen molar-refractivity contribution < 1.29 is 9.53 Å².